The van der Waals surface area contributed by atoms with E-state index in [0.717, 1.165) is 21.7 Å². The summed E-state index contributed by atoms with van der Waals surface area (Å²) in [5.41, 5.74) is 2.79. The fourth-order valence-electron chi connectivity index (χ4n) is 1.63. The molecule has 0 atom stereocenters. The number of aromatic nitrogens is 2. The zero-order valence-electron chi connectivity index (χ0n) is 9.89. The molecule has 2 nitrogen and oxygen atoms in total. The summed E-state index contributed by atoms with van der Waals surface area (Å²) in [5, 5.41) is 4.38. The Hall–Kier alpha value is -1.01. The molecule has 0 fully saturated rings. The third-order valence-corrected chi connectivity index (χ3v) is 3.67. The van der Waals surface area contributed by atoms with E-state index >= 15 is 0 Å². The van der Waals surface area contributed by atoms with Crippen LogP contribution < -0.4 is 0 Å². The Morgan fingerprint density at radius 2 is 2.06 bits per heavy atom. The van der Waals surface area contributed by atoms with Crippen LogP contribution in [0.3, 0.4) is 0 Å². The second-order valence-corrected chi connectivity index (χ2v) is 5.36. The predicted octanol–water partition coefficient (Wildman–Crippen LogP) is 4.00. The van der Waals surface area contributed by atoms with Gasteiger partial charge in [0, 0.05) is 17.5 Å². The van der Waals surface area contributed by atoms with Crippen LogP contribution in [0.5, 0.6) is 0 Å². The Labute approximate surface area is 114 Å². The third kappa shape index (κ3) is 2.87. The first-order chi connectivity index (χ1) is 8.47. The van der Waals surface area contributed by atoms with Crippen molar-refractivity contribution in [1.82, 2.24) is 9.78 Å². The lowest BCUT2D eigenvalue weighted by Crippen LogP contribution is -1.94. The molecule has 1 aromatic heterocycles. The van der Waals surface area contributed by atoms with Crippen molar-refractivity contribution in [2.45, 2.75) is 22.6 Å². The molecule has 18 heavy (non-hydrogen) atoms. The Bertz CT molecular complexity index is 567. The molecule has 1 heterocycles. The van der Waals surface area contributed by atoms with Gasteiger partial charge in [-0.2, -0.15) is 13.9 Å². The molecule has 0 saturated heterocycles. The second-order valence-electron chi connectivity index (χ2n) is 3.87. The topological polar surface area (TPSA) is 17.8 Å². The van der Waals surface area contributed by atoms with Gasteiger partial charge in [0.1, 0.15) is 5.03 Å². The maximum atomic E-state index is 12.3. The largest absolute Gasteiger partial charge is 0.290 e. The minimum absolute atomic E-state index is 0.323. The first-order valence-electron chi connectivity index (χ1n) is 5.26. The van der Waals surface area contributed by atoms with Crippen LogP contribution in [0.15, 0.2) is 34.2 Å². The predicted molar refractivity (Wildman–Crippen MR) is 72.5 cm³/mol. The van der Waals surface area contributed by atoms with Crippen LogP contribution in [0.25, 0.3) is 11.3 Å². The molecule has 0 unspecified atom stereocenters. The molecular formula is C12H12F2N2S2. The summed E-state index contributed by atoms with van der Waals surface area (Å²) in [6.07, 6.45) is 0. The van der Waals surface area contributed by atoms with Gasteiger partial charge in [-0.25, -0.2) is 0 Å². The van der Waals surface area contributed by atoms with Crippen LogP contribution in [0.1, 0.15) is 5.56 Å². The first-order valence-corrected chi connectivity index (χ1v) is 6.59. The average Bonchev–Trinajstić information content (AvgIpc) is 2.62. The number of nitrogens with zero attached hydrogens (tertiary/aromatic N) is 2. The van der Waals surface area contributed by atoms with E-state index in [1.807, 2.05) is 25.1 Å². The van der Waals surface area contributed by atoms with Crippen molar-refractivity contribution >= 4 is 24.4 Å². The Kier molecular flexibility index (Phi) is 3.97. The summed E-state index contributed by atoms with van der Waals surface area (Å²) in [6.45, 7) is 1.97. The molecule has 0 spiro atoms. The molecule has 0 amide bonds. The Morgan fingerprint density at radius 1 is 1.33 bits per heavy atom. The van der Waals surface area contributed by atoms with Gasteiger partial charge in [0.2, 0.25) is 0 Å². The fourth-order valence-corrected chi connectivity index (χ4v) is 2.37. The quantitative estimate of drug-likeness (QED) is 0.679. The molecule has 96 valence electrons. The molecule has 0 radical (unpaired) electrons. The van der Waals surface area contributed by atoms with Gasteiger partial charge in [-0.1, -0.05) is 12.1 Å². The number of alkyl halides is 2. The lowest BCUT2D eigenvalue weighted by Gasteiger charge is -2.04. The minimum Gasteiger partial charge on any atom is -0.267 e. The van der Waals surface area contributed by atoms with Gasteiger partial charge < -0.3 is 0 Å². The highest BCUT2D eigenvalue weighted by Crippen LogP contribution is 2.30. The van der Waals surface area contributed by atoms with Crippen LogP contribution in [-0.4, -0.2) is 15.5 Å². The Balaban J connectivity index is 2.38. The van der Waals surface area contributed by atoms with Crippen molar-refractivity contribution in [1.29, 1.82) is 0 Å². The summed E-state index contributed by atoms with van der Waals surface area (Å²) in [7, 11) is 1.74. The van der Waals surface area contributed by atoms with Gasteiger partial charge in [0.15, 0.2) is 0 Å². The maximum Gasteiger partial charge on any atom is 0.290 e. The van der Waals surface area contributed by atoms with Crippen molar-refractivity contribution in [3.63, 3.8) is 0 Å². The molecule has 0 aliphatic carbocycles. The van der Waals surface area contributed by atoms with E-state index in [4.69, 9.17) is 0 Å². The molecule has 0 bridgehead atoms. The van der Waals surface area contributed by atoms with Crippen LogP contribution in [0.4, 0.5) is 8.78 Å². The number of aryl methyl sites for hydroxylation is 2. The van der Waals surface area contributed by atoms with E-state index in [2.05, 4.69) is 17.7 Å². The van der Waals surface area contributed by atoms with E-state index in [-0.39, 0.29) is 0 Å². The standard InChI is InChI=1S/C12H12F2N2S2/c1-7-3-4-8(5-10(7)17)9-6-11(15-16(9)2)18-12(13)14/h3-6,12,17H,1-2H3. The third-order valence-electron chi connectivity index (χ3n) is 2.57. The number of benzene rings is 1. The van der Waals surface area contributed by atoms with Gasteiger partial charge in [-0.3, -0.25) is 4.68 Å². The molecule has 0 N–H and O–H groups in total. The van der Waals surface area contributed by atoms with E-state index in [0.29, 0.717) is 16.8 Å². The molecule has 2 aromatic rings. The smallest absolute Gasteiger partial charge is 0.267 e. The number of rotatable bonds is 3. The van der Waals surface area contributed by atoms with Crippen LogP contribution in [0, 0.1) is 6.92 Å². The van der Waals surface area contributed by atoms with Crippen LogP contribution in [0.2, 0.25) is 0 Å². The van der Waals surface area contributed by atoms with Gasteiger partial charge in [0.25, 0.3) is 5.76 Å². The van der Waals surface area contributed by atoms with E-state index in [1.54, 1.807) is 17.8 Å². The van der Waals surface area contributed by atoms with Crippen molar-refractivity contribution < 1.29 is 8.78 Å². The SMILES string of the molecule is Cc1ccc(-c2cc(SC(F)F)nn2C)cc1S. The van der Waals surface area contributed by atoms with Crippen LogP contribution >= 0.6 is 24.4 Å². The van der Waals surface area contributed by atoms with E-state index in [1.165, 1.54) is 0 Å². The highest BCUT2D eigenvalue weighted by molar-refractivity contribution is 7.99. The summed E-state index contributed by atoms with van der Waals surface area (Å²) in [5.74, 6) is -2.45. The number of thioether (sulfide) groups is 1. The Morgan fingerprint density at radius 3 is 2.67 bits per heavy atom. The van der Waals surface area contributed by atoms with E-state index in [9.17, 15) is 8.78 Å². The first kappa shape index (κ1) is 13.4. The van der Waals surface area contributed by atoms with Crippen molar-refractivity contribution in [2.75, 3.05) is 0 Å². The second kappa shape index (κ2) is 5.32. The summed E-state index contributed by atoms with van der Waals surface area (Å²) in [4.78, 5) is 0.872. The molecule has 1 aromatic carbocycles. The number of hydrogen-bond acceptors (Lipinski definition) is 3. The van der Waals surface area contributed by atoms with Crippen molar-refractivity contribution in [3.05, 3.63) is 29.8 Å². The zero-order valence-corrected chi connectivity index (χ0v) is 11.6. The zero-order chi connectivity index (χ0) is 13.3. The summed E-state index contributed by atoms with van der Waals surface area (Å²) in [6, 6.07) is 7.45. The van der Waals surface area contributed by atoms with E-state index < -0.39 is 5.76 Å². The molecule has 0 saturated carbocycles. The molecule has 6 heteroatoms. The van der Waals surface area contributed by atoms with Gasteiger partial charge in [-0.15, -0.1) is 12.6 Å². The number of halogens is 2. The normalized spacial score (nSPS) is 11.2. The highest BCUT2D eigenvalue weighted by atomic mass is 32.2. The van der Waals surface area contributed by atoms with Gasteiger partial charge in [0.05, 0.1) is 5.69 Å². The lowest BCUT2D eigenvalue weighted by molar-refractivity contribution is 0.252. The number of thiol groups is 1. The maximum absolute atomic E-state index is 12.3. The highest BCUT2D eigenvalue weighted by Gasteiger charge is 2.12. The van der Waals surface area contributed by atoms with Gasteiger partial charge >= 0.3 is 0 Å². The molecule has 2 rings (SSSR count). The number of hydrogen-bond donors (Lipinski definition) is 1. The van der Waals surface area contributed by atoms with Crippen LogP contribution in [-0.2, 0) is 7.05 Å². The molecule has 0 aliphatic heterocycles. The fraction of sp³-hybridized carbons (Fsp3) is 0.250. The molecular weight excluding hydrogens is 274 g/mol. The summed E-state index contributed by atoms with van der Waals surface area (Å²) >= 11 is 4.81. The minimum atomic E-state index is -2.45. The van der Waals surface area contributed by atoms with Gasteiger partial charge in [-0.05, 0) is 36.4 Å². The molecule has 0 aliphatic rings. The lowest BCUT2D eigenvalue weighted by atomic mass is 10.1. The van der Waals surface area contributed by atoms with Crippen molar-refractivity contribution in [2.24, 2.45) is 7.05 Å². The summed E-state index contributed by atoms with van der Waals surface area (Å²) < 4.78 is 26.2. The monoisotopic (exact) mass is 286 g/mol. The average molecular weight is 286 g/mol. The van der Waals surface area contributed by atoms with Crippen molar-refractivity contribution in [3.8, 4) is 11.3 Å².